The van der Waals surface area contributed by atoms with Crippen molar-refractivity contribution in [2.45, 2.75) is 38.4 Å². The molecule has 1 fully saturated rings. The van der Waals surface area contributed by atoms with Gasteiger partial charge in [0.1, 0.15) is 0 Å². The number of likely N-dealkylation sites (tertiary alicyclic amines) is 1. The highest BCUT2D eigenvalue weighted by molar-refractivity contribution is 5.75. The van der Waals surface area contributed by atoms with Crippen LogP contribution < -0.4 is 0 Å². The molecule has 1 aliphatic heterocycles. The number of carbonyl (C=O) groups excluding carboxylic acids is 1. The SMILES string of the molecule is CC1CC(C(=O)O)CCN1C(=O)N(C)CCC(F)(F)F. The maximum Gasteiger partial charge on any atom is 0.390 e. The summed E-state index contributed by atoms with van der Waals surface area (Å²) in [5.41, 5.74) is 0. The van der Waals surface area contributed by atoms with Gasteiger partial charge in [-0.1, -0.05) is 0 Å². The van der Waals surface area contributed by atoms with Gasteiger partial charge in [0, 0.05) is 26.2 Å². The van der Waals surface area contributed by atoms with Gasteiger partial charge in [-0.05, 0) is 19.8 Å². The zero-order chi connectivity index (χ0) is 15.5. The molecule has 0 aromatic heterocycles. The Hall–Kier alpha value is -1.47. The molecular formula is C12H19F3N2O3. The van der Waals surface area contributed by atoms with Crippen molar-refractivity contribution in [2.75, 3.05) is 20.1 Å². The predicted molar refractivity (Wildman–Crippen MR) is 65.2 cm³/mol. The van der Waals surface area contributed by atoms with Crippen molar-refractivity contribution in [3.63, 3.8) is 0 Å². The first-order valence-electron chi connectivity index (χ1n) is 6.43. The number of alkyl halides is 3. The van der Waals surface area contributed by atoms with Crippen molar-refractivity contribution in [1.29, 1.82) is 0 Å². The van der Waals surface area contributed by atoms with Gasteiger partial charge in [0.25, 0.3) is 0 Å². The van der Waals surface area contributed by atoms with Crippen molar-refractivity contribution in [3.05, 3.63) is 0 Å². The van der Waals surface area contributed by atoms with E-state index in [9.17, 15) is 22.8 Å². The van der Waals surface area contributed by atoms with Crippen molar-refractivity contribution >= 4 is 12.0 Å². The molecule has 1 aliphatic rings. The Kier molecular flexibility index (Phi) is 5.24. The molecule has 8 heteroatoms. The molecule has 2 unspecified atom stereocenters. The number of aliphatic carboxylic acids is 1. The van der Waals surface area contributed by atoms with Crippen molar-refractivity contribution in [3.8, 4) is 0 Å². The Morgan fingerprint density at radius 2 is 2.00 bits per heavy atom. The minimum atomic E-state index is -4.30. The molecular weight excluding hydrogens is 277 g/mol. The number of piperidine rings is 1. The monoisotopic (exact) mass is 296 g/mol. The maximum absolute atomic E-state index is 12.1. The molecule has 0 bridgehead atoms. The molecule has 0 spiro atoms. The molecule has 0 radical (unpaired) electrons. The molecule has 1 N–H and O–H groups in total. The molecule has 1 rings (SSSR count). The van der Waals surface area contributed by atoms with Gasteiger partial charge in [-0.25, -0.2) is 4.79 Å². The van der Waals surface area contributed by atoms with Gasteiger partial charge in [0.05, 0.1) is 12.3 Å². The number of nitrogens with zero attached hydrogens (tertiary/aromatic N) is 2. The number of urea groups is 1. The standard InChI is InChI=1S/C12H19F3N2O3/c1-8-7-9(10(18)19)3-5-17(8)11(20)16(2)6-4-12(13,14)15/h8-9H,3-7H2,1-2H3,(H,18,19). The molecule has 116 valence electrons. The largest absolute Gasteiger partial charge is 0.481 e. The first kappa shape index (κ1) is 16.6. The topological polar surface area (TPSA) is 60.9 Å². The van der Waals surface area contributed by atoms with Crippen LogP contribution in [0.1, 0.15) is 26.2 Å². The fraction of sp³-hybridized carbons (Fsp3) is 0.833. The summed E-state index contributed by atoms with van der Waals surface area (Å²) in [7, 11) is 1.32. The average Bonchev–Trinajstić information content (AvgIpc) is 2.34. The molecule has 0 aromatic carbocycles. The van der Waals surface area contributed by atoms with Gasteiger partial charge in [-0.3, -0.25) is 4.79 Å². The Bertz CT molecular complexity index is 373. The molecule has 1 saturated heterocycles. The number of carboxylic acids is 1. The van der Waals surface area contributed by atoms with Crippen LogP contribution in [0.3, 0.4) is 0 Å². The van der Waals surface area contributed by atoms with E-state index in [-0.39, 0.29) is 12.6 Å². The van der Waals surface area contributed by atoms with Gasteiger partial charge in [-0.15, -0.1) is 0 Å². The van der Waals surface area contributed by atoms with E-state index in [1.54, 1.807) is 6.92 Å². The Balaban J connectivity index is 2.53. The lowest BCUT2D eigenvalue weighted by atomic mass is 9.92. The van der Waals surface area contributed by atoms with Crippen LogP contribution in [0.4, 0.5) is 18.0 Å². The zero-order valence-corrected chi connectivity index (χ0v) is 11.5. The molecule has 0 saturated carbocycles. The number of carboxylic acid groups (broad SMARTS) is 1. The molecule has 20 heavy (non-hydrogen) atoms. The summed E-state index contributed by atoms with van der Waals surface area (Å²) in [5.74, 6) is -1.39. The summed E-state index contributed by atoms with van der Waals surface area (Å²) < 4.78 is 36.4. The lowest BCUT2D eigenvalue weighted by Gasteiger charge is -2.38. The lowest BCUT2D eigenvalue weighted by molar-refractivity contribution is -0.144. The Morgan fingerprint density at radius 1 is 1.40 bits per heavy atom. The van der Waals surface area contributed by atoms with Crippen molar-refractivity contribution < 1.29 is 27.9 Å². The quantitative estimate of drug-likeness (QED) is 0.868. The number of carbonyl (C=O) groups is 2. The van der Waals surface area contributed by atoms with Crippen molar-refractivity contribution in [2.24, 2.45) is 5.92 Å². The maximum atomic E-state index is 12.1. The number of hydrogen-bond donors (Lipinski definition) is 1. The molecule has 2 atom stereocenters. The summed E-state index contributed by atoms with van der Waals surface area (Å²) in [6.07, 6.45) is -4.68. The van der Waals surface area contributed by atoms with Crippen LogP contribution in [0.5, 0.6) is 0 Å². The van der Waals surface area contributed by atoms with Crippen LogP contribution in [0, 0.1) is 5.92 Å². The van der Waals surface area contributed by atoms with Crippen LogP contribution in [0.25, 0.3) is 0 Å². The summed E-state index contributed by atoms with van der Waals surface area (Å²) >= 11 is 0. The normalized spacial score (nSPS) is 23.6. The average molecular weight is 296 g/mol. The Labute approximate surface area is 115 Å². The van der Waals surface area contributed by atoms with Crippen LogP contribution in [-0.4, -0.2) is 59.3 Å². The zero-order valence-electron chi connectivity index (χ0n) is 11.5. The Morgan fingerprint density at radius 3 is 2.45 bits per heavy atom. The van der Waals surface area contributed by atoms with Crippen LogP contribution in [-0.2, 0) is 4.79 Å². The number of amides is 2. The minimum Gasteiger partial charge on any atom is -0.481 e. The van der Waals surface area contributed by atoms with Crippen LogP contribution in [0.15, 0.2) is 0 Å². The fourth-order valence-corrected chi connectivity index (χ4v) is 2.29. The van der Waals surface area contributed by atoms with E-state index in [0.29, 0.717) is 12.8 Å². The van der Waals surface area contributed by atoms with Gasteiger partial charge in [-0.2, -0.15) is 13.2 Å². The summed E-state index contributed by atoms with van der Waals surface area (Å²) in [6.45, 7) is 1.58. The highest BCUT2D eigenvalue weighted by Crippen LogP contribution is 2.24. The number of rotatable bonds is 3. The van der Waals surface area contributed by atoms with Gasteiger partial charge in [0.2, 0.25) is 0 Å². The summed E-state index contributed by atoms with van der Waals surface area (Å²) in [6, 6.07) is -0.767. The first-order chi connectivity index (χ1) is 9.11. The van der Waals surface area contributed by atoms with Gasteiger partial charge in [0.15, 0.2) is 0 Å². The predicted octanol–water partition coefficient (Wildman–Crippen LogP) is 2.18. The minimum absolute atomic E-state index is 0.257. The molecule has 0 aromatic rings. The third-order valence-corrected chi connectivity index (χ3v) is 3.53. The summed E-state index contributed by atoms with van der Waals surface area (Å²) in [5, 5.41) is 8.92. The second-order valence-electron chi connectivity index (χ2n) is 5.17. The van der Waals surface area contributed by atoms with Crippen LogP contribution in [0.2, 0.25) is 0 Å². The van der Waals surface area contributed by atoms with Gasteiger partial charge < -0.3 is 14.9 Å². The van der Waals surface area contributed by atoms with E-state index in [4.69, 9.17) is 5.11 Å². The molecule has 0 aliphatic carbocycles. The smallest absolute Gasteiger partial charge is 0.390 e. The highest BCUT2D eigenvalue weighted by Gasteiger charge is 2.34. The van der Waals surface area contributed by atoms with Crippen molar-refractivity contribution in [1.82, 2.24) is 9.80 Å². The molecule has 1 heterocycles. The highest BCUT2D eigenvalue weighted by atomic mass is 19.4. The van der Waals surface area contributed by atoms with E-state index in [0.717, 1.165) is 4.90 Å². The number of hydrogen-bond acceptors (Lipinski definition) is 2. The van der Waals surface area contributed by atoms with Gasteiger partial charge >= 0.3 is 18.2 Å². The summed E-state index contributed by atoms with van der Waals surface area (Å²) in [4.78, 5) is 25.4. The second kappa shape index (κ2) is 6.32. The van der Waals surface area contributed by atoms with E-state index < -0.39 is 37.1 Å². The van der Waals surface area contributed by atoms with Crippen LogP contribution >= 0.6 is 0 Å². The van der Waals surface area contributed by atoms with E-state index in [2.05, 4.69) is 0 Å². The van der Waals surface area contributed by atoms with E-state index in [1.807, 2.05) is 0 Å². The third kappa shape index (κ3) is 4.57. The molecule has 2 amide bonds. The van der Waals surface area contributed by atoms with E-state index in [1.165, 1.54) is 11.9 Å². The second-order valence-corrected chi connectivity index (χ2v) is 5.17. The first-order valence-corrected chi connectivity index (χ1v) is 6.43. The van der Waals surface area contributed by atoms with E-state index >= 15 is 0 Å². The lowest BCUT2D eigenvalue weighted by Crippen LogP contribution is -2.51. The third-order valence-electron chi connectivity index (χ3n) is 3.53. The number of halogens is 3. The fourth-order valence-electron chi connectivity index (χ4n) is 2.29. The molecule has 5 nitrogen and oxygen atoms in total.